The van der Waals surface area contributed by atoms with Crippen molar-refractivity contribution < 1.29 is 4.79 Å². The molecule has 2 heterocycles. The van der Waals surface area contributed by atoms with Gasteiger partial charge >= 0.3 is 0 Å². The van der Waals surface area contributed by atoms with E-state index >= 15 is 0 Å². The van der Waals surface area contributed by atoms with Crippen LogP contribution in [0.25, 0.3) is 22.2 Å². The van der Waals surface area contributed by atoms with E-state index in [9.17, 15) is 4.79 Å². The van der Waals surface area contributed by atoms with Crippen molar-refractivity contribution in [3.8, 4) is 17.3 Å². The molecule has 3 rings (SSSR count). The van der Waals surface area contributed by atoms with Gasteiger partial charge in [0.1, 0.15) is 6.07 Å². The number of hydrogen-bond acceptors (Lipinski definition) is 3. The first-order valence-electron chi connectivity index (χ1n) is 6.60. The molecule has 1 N–H and O–H groups in total. The molecule has 21 heavy (non-hydrogen) atoms. The topological polar surface area (TPSA) is 69.5 Å². The molecular formula is C17H13N3O. The largest absolute Gasteiger partial charge is 0.360 e. The van der Waals surface area contributed by atoms with Gasteiger partial charge in [0.2, 0.25) is 0 Å². The zero-order chi connectivity index (χ0) is 15.0. The van der Waals surface area contributed by atoms with E-state index in [1.165, 1.54) is 0 Å². The summed E-state index contributed by atoms with van der Waals surface area (Å²) in [4.78, 5) is 19.1. The first-order chi connectivity index (χ1) is 10.1. The SMILES string of the molecule is CC(=O)c1cc(C)nc(-c2ccc3[nH]cc(C#N)c3c2)c1. The molecule has 3 aromatic rings. The van der Waals surface area contributed by atoms with Crippen molar-refractivity contribution in [3.63, 3.8) is 0 Å². The molecule has 0 aliphatic carbocycles. The van der Waals surface area contributed by atoms with E-state index in [1.54, 1.807) is 25.3 Å². The second kappa shape index (κ2) is 4.88. The number of aromatic nitrogens is 2. The third-order valence-corrected chi connectivity index (χ3v) is 3.46. The van der Waals surface area contributed by atoms with Crippen LogP contribution in [0.15, 0.2) is 36.5 Å². The van der Waals surface area contributed by atoms with Gasteiger partial charge in [-0.3, -0.25) is 9.78 Å². The third-order valence-electron chi connectivity index (χ3n) is 3.46. The molecule has 0 aliphatic rings. The highest BCUT2D eigenvalue weighted by Crippen LogP contribution is 2.26. The van der Waals surface area contributed by atoms with Gasteiger partial charge in [-0.15, -0.1) is 0 Å². The Bertz CT molecular complexity index is 900. The van der Waals surface area contributed by atoms with Crippen LogP contribution in [-0.4, -0.2) is 15.8 Å². The van der Waals surface area contributed by atoms with Crippen molar-refractivity contribution in [2.24, 2.45) is 0 Å². The molecule has 0 fully saturated rings. The summed E-state index contributed by atoms with van der Waals surface area (Å²) in [7, 11) is 0. The van der Waals surface area contributed by atoms with Crippen LogP contribution in [0.1, 0.15) is 28.5 Å². The normalized spacial score (nSPS) is 10.5. The molecule has 0 atom stereocenters. The number of fused-ring (bicyclic) bond motifs is 1. The van der Waals surface area contributed by atoms with Crippen molar-refractivity contribution in [1.82, 2.24) is 9.97 Å². The monoisotopic (exact) mass is 275 g/mol. The Hall–Kier alpha value is -2.93. The molecule has 0 amide bonds. The molecule has 0 spiro atoms. The Labute approximate surface area is 122 Å². The Balaban J connectivity index is 2.20. The van der Waals surface area contributed by atoms with Crippen molar-refractivity contribution in [2.45, 2.75) is 13.8 Å². The fourth-order valence-corrected chi connectivity index (χ4v) is 2.39. The van der Waals surface area contributed by atoms with Crippen LogP contribution < -0.4 is 0 Å². The fourth-order valence-electron chi connectivity index (χ4n) is 2.39. The van der Waals surface area contributed by atoms with E-state index in [2.05, 4.69) is 16.0 Å². The number of H-pyrrole nitrogens is 1. The lowest BCUT2D eigenvalue weighted by Gasteiger charge is -2.05. The van der Waals surface area contributed by atoms with Crippen LogP contribution in [0.3, 0.4) is 0 Å². The van der Waals surface area contributed by atoms with E-state index in [1.807, 2.05) is 25.1 Å². The molecule has 102 valence electrons. The quantitative estimate of drug-likeness (QED) is 0.726. The zero-order valence-electron chi connectivity index (χ0n) is 11.8. The number of nitriles is 1. The van der Waals surface area contributed by atoms with E-state index in [-0.39, 0.29) is 5.78 Å². The predicted octanol–water partition coefficient (Wildman–Crippen LogP) is 3.61. The molecular weight excluding hydrogens is 262 g/mol. The van der Waals surface area contributed by atoms with Crippen LogP contribution in [-0.2, 0) is 0 Å². The summed E-state index contributed by atoms with van der Waals surface area (Å²) < 4.78 is 0. The minimum atomic E-state index is 0.0159. The van der Waals surface area contributed by atoms with E-state index < -0.39 is 0 Å². The predicted molar refractivity (Wildman–Crippen MR) is 81.0 cm³/mol. The van der Waals surface area contributed by atoms with E-state index in [0.717, 1.165) is 27.9 Å². The second-order valence-electron chi connectivity index (χ2n) is 5.01. The van der Waals surface area contributed by atoms with Crippen molar-refractivity contribution in [1.29, 1.82) is 5.26 Å². The van der Waals surface area contributed by atoms with Gasteiger partial charge in [0, 0.05) is 33.9 Å². The summed E-state index contributed by atoms with van der Waals surface area (Å²) in [5.41, 5.74) is 4.59. The number of Topliss-reactive ketones (excluding diaryl/α,β-unsaturated/α-hetero) is 1. The van der Waals surface area contributed by atoms with Crippen LogP contribution in [0, 0.1) is 18.3 Å². The number of carbonyl (C=O) groups is 1. The molecule has 0 saturated carbocycles. The summed E-state index contributed by atoms with van der Waals surface area (Å²) in [5.74, 6) is 0.0159. The Kier molecular flexibility index (Phi) is 3.03. The summed E-state index contributed by atoms with van der Waals surface area (Å²) in [6.45, 7) is 3.41. The Morgan fingerprint density at radius 1 is 1.29 bits per heavy atom. The lowest BCUT2D eigenvalue weighted by Crippen LogP contribution is -1.96. The van der Waals surface area contributed by atoms with Crippen LogP contribution in [0.5, 0.6) is 0 Å². The molecule has 2 aromatic heterocycles. The minimum absolute atomic E-state index is 0.0159. The summed E-state index contributed by atoms with van der Waals surface area (Å²) in [6.07, 6.45) is 1.69. The van der Waals surface area contributed by atoms with Crippen LogP contribution in [0.2, 0.25) is 0 Å². The van der Waals surface area contributed by atoms with Crippen molar-refractivity contribution in [2.75, 3.05) is 0 Å². The maximum atomic E-state index is 11.6. The first kappa shape index (κ1) is 13.1. The first-order valence-corrected chi connectivity index (χ1v) is 6.60. The van der Waals surface area contributed by atoms with Gasteiger partial charge in [0.05, 0.1) is 11.3 Å². The molecule has 0 bridgehead atoms. The van der Waals surface area contributed by atoms with Gasteiger partial charge in [-0.25, -0.2) is 0 Å². The summed E-state index contributed by atoms with van der Waals surface area (Å²) >= 11 is 0. The number of benzene rings is 1. The average molecular weight is 275 g/mol. The van der Waals surface area contributed by atoms with Gasteiger partial charge in [-0.1, -0.05) is 6.07 Å². The molecule has 0 aliphatic heterocycles. The Morgan fingerprint density at radius 3 is 2.81 bits per heavy atom. The standard InChI is InChI=1S/C17H13N3O/c1-10-5-13(11(2)21)7-17(20-10)12-3-4-16-15(6-12)14(8-18)9-19-16/h3-7,9,19H,1-2H3. The molecule has 0 radical (unpaired) electrons. The highest BCUT2D eigenvalue weighted by molar-refractivity contribution is 5.95. The maximum absolute atomic E-state index is 11.6. The molecule has 4 heteroatoms. The van der Waals surface area contributed by atoms with Gasteiger partial charge in [-0.2, -0.15) is 5.26 Å². The third kappa shape index (κ3) is 2.30. The number of ketones is 1. The average Bonchev–Trinajstić information content (AvgIpc) is 2.88. The number of aromatic amines is 1. The number of hydrogen-bond donors (Lipinski definition) is 1. The molecule has 0 saturated heterocycles. The lowest BCUT2D eigenvalue weighted by molar-refractivity contribution is 0.101. The lowest BCUT2D eigenvalue weighted by atomic mass is 10.0. The zero-order valence-corrected chi connectivity index (χ0v) is 11.8. The fraction of sp³-hybridized carbons (Fsp3) is 0.118. The van der Waals surface area contributed by atoms with Gasteiger partial charge in [0.15, 0.2) is 5.78 Å². The highest BCUT2D eigenvalue weighted by atomic mass is 16.1. The van der Waals surface area contributed by atoms with E-state index in [0.29, 0.717) is 11.1 Å². The number of pyridine rings is 1. The van der Waals surface area contributed by atoms with Crippen molar-refractivity contribution in [3.05, 3.63) is 53.3 Å². The number of nitrogens with zero attached hydrogens (tertiary/aromatic N) is 2. The number of carbonyl (C=O) groups excluding carboxylic acids is 1. The minimum Gasteiger partial charge on any atom is -0.360 e. The second-order valence-corrected chi connectivity index (χ2v) is 5.01. The molecule has 0 unspecified atom stereocenters. The summed E-state index contributed by atoms with van der Waals surface area (Å²) in [6, 6.07) is 11.5. The van der Waals surface area contributed by atoms with Gasteiger partial charge < -0.3 is 4.98 Å². The van der Waals surface area contributed by atoms with Crippen LogP contribution >= 0.6 is 0 Å². The van der Waals surface area contributed by atoms with E-state index in [4.69, 9.17) is 5.26 Å². The summed E-state index contributed by atoms with van der Waals surface area (Å²) in [5, 5.41) is 9.98. The smallest absolute Gasteiger partial charge is 0.159 e. The number of aryl methyl sites for hydroxylation is 1. The number of rotatable bonds is 2. The van der Waals surface area contributed by atoms with Gasteiger partial charge in [-0.05, 0) is 38.1 Å². The highest BCUT2D eigenvalue weighted by Gasteiger charge is 2.09. The molecule has 1 aromatic carbocycles. The number of nitrogens with one attached hydrogen (secondary N) is 1. The molecule has 4 nitrogen and oxygen atoms in total. The Morgan fingerprint density at radius 2 is 2.10 bits per heavy atom. The van der Waals surface area contributed by atoms with Gasteiger partial charge in [0.25, 0.3) is 0 Å². The maximum Gasteiger partial charge on any atom is 0.159 e. The van der Waals surface area contributed by atoms with Crippen molar-refractivity contribution >= 4 is 16.7 Å². The van der Waals surface area contributed by atoms with Crippen LogP contribution in [0.4, 0.5) is 0 Å².